The summed E-state index contributed by atoms with van der Waals surface area (Å²) in [7, 11) is 0. The Morgan fingerprint density at radius 2 is 2.00 bits per heavy atom. The van der Waals surface area contributed by atoms with E-state index in [0.29, 0.717) is 12.0 Å². The van der Waals surface area contributed by atoms with Gasteiger partial charge in [0.1, 0.15) is 0 Å². The van der Waals surface area contributed by atoms with E-state index >= 15 is 0 Å². The van der Waals surface area contributed by atoms with Gasteiger partial charge in [0.05, 0.1) is 6.10 Å². The van der Waals surface area contributed by atoms with Crippen molar-refractivity contribution in [2.45, 2.75) is 70.4 Å². The summed E-state index contributed by atoms with van der Waals surface area (Å²) in [6.07, 6.45) is 8.66. The summed E-state index contributed by atoms with van der Waals surface area (Å²) in [6.45, 7) is 4.74. The van der Waals surface area contributed by atoms with E-state index in [1.165, 1.54) is 0 Å². The standard InChI is InChI=1S/C16H30N2O2.ClH/c1-2-11-20-15-7-4-9-18(10-8-15)16(19)13-5-3-6-14(17)12-13;/h13-15H,2-12,17H2,1H3;1H. The molecular weight excluding hydrogens is 288 g/mol. The molecule has 1 saturated heterocycles. The second-order valence-corrected chi connectivity index (χ2v) is 6.37. The Balaban J connectivity index is 0.00000220. The molecule has 1 aliphatic heterocycles. The summed E-state index contributed by atoms with van der Waals surface area (Å²) >= 11 is 0. The fourth-order valence-electron chi connectivity index (χ4n) is 3.45. The molecule has 0 radical (unpaired) electrons. The molecule has 0 bridgehead atoms. The van der Waals surface area contributed by atoms with Crippen molar-refractivity contribution in [3.63, 3.8) is 0 Å². The highest BCUT2D eigenvalue weighted by Crippen LogP contribution is 2.26. The van der Waals surface area contributed by atoms with Crippen LogP contribution in [0.15, 0.2) is 0 Å². The lowest BCUT2D eigenvalue weighted by Gasteiger charge is -2.30. The summed E-state index contributed by atoms with van der Waals surface area (Å²) in [6, 6.07) is 0.227. The van der Waals surface area contributed by atoms with E-state index < -0.39 is 0 Å². The normalized spacial score (nSPS) is 30.4. The third-order valence-corrected chi connectivity index (χ3v) is 4.61. The average molecular weight is 319 g/mol. The quantitative estimate of drug-likeness (QED) is 0.867. The number of rotatable bonds is 4. The van der Waals surface area contributed by atoms with Gasteiger partial charge in [-0.1, -0.05) is 13.3 Å². The molecule has 0 aromatic carbocycles. The van der Waals surface area contributed by atoms with Crippen molar-refractivity contribution in [2.24, 2.45) is 11.7 Å². The van der Waals surface area contributed by atoms with E-state index in [0.717, 1.165) is 71.1 Å². The molecule has 5 heteroatoms. The van der Waals surface area contributed by atoms with E-state index in [9.17, 15) is 4.79 Å². The maximum atomic E-state index is 12.6. The van der Waals surface area contributed by atoms with Crippen molar-refractivity contribution in [1.82, 2.24) is 4.90 Å². The number of nitrogens with zero attached hydrogens (tertiary/aromatic N) is 1. The van der Waals surface area contributed by atoms with Crippen LogP contribution >= 0.6 is 12.4 Å². The molecule has 4 nitrogen and oxygen atoms in total. The lowest BCUT2D eigenvalue weighted by atomic mass is 9.85. The predicted molar refractivity (Wildman–Crippen MR) is 87.6 cm³/mol. The minimum Gasteiger partial charge on any atom is -0.378 e. The number of halogens is 1. The van der Waals surface area contributed by atoms with Crippen LogP contribution in [-0.4, -0.2) is 42.6 Å². The smallest absolute Gasteiger partial charge is 0.225 e. The summed E-state index contributed by atoms with van der Waals surface area (Å²) in [4.78, 5) is 14.7. The number of hydrogen-bond acceptors (Lipinski definition) is 3. The summed E-state index contributed by atoms with van der Waals surface area (Å²) in [5.74, 6) is 0.517. The van der Waals surface area contributed by atoms with Gasteiger partial charge in [-0.2, -0.15) is 0 Å². The first-order chi connectivity index (χ1) is 9.70. The Hall–Kier alpha value is -0.320. The van der Waals surface area contributed by atoms with Gasteiger partial charge in [0.15, 0.2) is 0 Å². The van der Waals surface area contributed by atoms with Gasteiger partial charge in [-0.3, -0.25) is 4.79 Å². The van der Waals surface area contributed by atoms with Gasteiger partial charge in [-0.05, 0) is 44.9 Å². The molecule has 0 aromatic heterocycles. The molecule has 2 N–H and O–H groups in total. The first-order valence-corrected chi connectivity index (χ1v) is 8.36. The van der Waals surface area contributed by atoms with E-state index in [1.54, 1.807) is 0 Å². The molecule has 2 fully saturated rings. The molecule has 1 aliphatic carbocycles. The Labute approximate surface area is 135 Å². The number of nitrogens with two attached hydrogens (primary N) is 1. The van der Waals surface area contributed by atoms with Crippen LogP contribution in [0.4, 0.5) is 0 Å². The average Bonchev–Trinajstić information content (AvgIpc) is 2.70. The second kappa shape index (κ2) is 9.65. The van der Waals surface area contributed by atoms with Crippen molar-refractivity contribution in [1.29, 1.82) is 0 Å². The highest BCUT2D eigenvalue weighted by molar-refractivity contribution is 5.85. The maximum absolute atomic E-state index is 12.6. The van der Waals surface area contributed by atoms with Gasteiger partial charge < -0.3 is 15.4 Å². The molecule has 1 heterocycles. The molecule has 0 spiro atoms. The van der Waals surface area contributed by atoms with Crippen molar-refractivity contribution in [3.05, 3.63) is 0 Å². The molecule has 2 aliphatic rings. The molecule has 1 saturated carbocycles. The van der Waals surface area contributed by atoms with Gasteiger partial charge in [0.25, 0.3) is 0 Å². The van der Waals surface area contributed by atoms with Crippen molar-refractivity contribution >= 4 is 18.3 Å². The number of carbonyl (C=O) groups excluding carboxylic acids is 1. The molecule has 2 rings (SSSR count). The van der Waals surface area contributed by atoms with Gasteiger partial charge in [-0.25, -0.2) is 0 Å². The van der Waals surface area contributed by atoms with Gasteiger partial charge >= 0.3 is 0 Å². The summed E-state index contributed by atoms with van der Waals surface area (Å²) in [5.41, 5.74) is 6.01. The molecule has 3 unspecified atom stereocenters. The fraction of sp³-hybridized carbons (Fsp3) is 0.938. The number of carbonyl (C=O) groups is 1. The van der Waals surface area contributed by atoms with Crippen LogP contribution in [0.3, 0.4) is 0 Å². The molecule has 21 heavy (non-hydrogen) atoms. The largest absolute Gasteiger partial charge is 0.378 e. The van der Waals surface area contributed by atoms with E-state index in [-0.39, 0.29) is 24.4 Å². The second-order valence-electron chi connectivity index (χ2n) is 6.37. The molecule has 1 amide bonds. The number of hydrogen-bond donors (Lipinski definition) is 1. The first kappa shape index (κ1) is 18.7. The molecule has 3 atom stereocenters. The first-order valence-electron chi connectivity index (χ1n) is 8.36. The van der Waals surface area contributed by atoms with Crippen molar-refractivity contribution in [2.75, 3.05) is 19.7 Å². The molecule has 0 aromatic rings. The van der Waals surface area contributed by atoms with Crippen LogP contribution in [0.25, 0.3) is 0 Å². The zero-order valence-corrected chi connectivity index (χ0v) is 14.1. The van der Waals surface area contributed by atoms with E-state index in [1.807, 2.05) is 0 Å². The van der Waals surface area contributed by atoms with Crippen molar-refractivity contribution < 1.29 is 9.53 Å². The number of ether oxygens (including phenoxy) is 1. The zero-order chi connectivity index (χ0) is 14.4. The number of likely N-dealkylation sites (tertiary alicyclic amines) is 1. The van der Waals surface area contributed by atoms with Crippen LogP contribution in [-0.2, 0) is 9.53 Å². The van der Waals surface area contributed by atoms with E-state index in [2.05, 4.69) is 11.8 Å². The lowest BCUT2D eigenvalue weighted by Crippen LogP contribution is -2.41. The lowest BCUT2D eigenvalue weighted by molar-refractivity contribution is -0.136. The highest BCUT2D eigenvalue weighted by atomic mass is 35.5. The van der Waals surface area contributed by atoms with Gasteiger partial charge in [0, 0.05) is 31.7 Å². The zero-order valence-electron chi connectivity index (χ0n) is 13.3. The molecule has 124 valence electrons. The maximum Gasteiger partial charge on any atom is 0.225 e. The van der Waals surface area contributed by atoms with Crippen LogP contribution in [0.2, 0.25) is 0 Å². The Bertz CT molecular complexity index is 315. The summed E-state index contributed by atoms with van der Waals surface area (Å²) in [5, 5.41) is 0. The van der Waals surface area contributed by atoms with Crippen LogP contribution in [0.5, 0.6) is 0 Å². The van der Waals surface area contributed by atoms with Gasteiger partial charge in [0.2, 0.25) is 5.91 Å². The van der Waals surface area contributed by atoms with E-state index in [4.69, 9.17) is 10.5 Å². The Morgan fingerprint density at radius 3 is 2.71 bits per heavy atom. The van der Waals surface area contributed by atoms with Crippen LogP contribution in [0, 0.1) is 5.92 Å². The van der Waals surface area contributed by atoms with Gasteiger partial charge in [-0.15, -0.1) is 12.4 Å². The minimum absolute atomic E-state index is 0. The SMILES string of the molecule is CCCOC1CCCN(C(=O)C2CCCC(N)C2)CC1.Cl. The predicted octanol–water partition coefficient (Wildman–Crippen LogP) is 2.73. The van der Waals surface area contributed by atoms with Crippen LogP contribution in [0.1, 0.15) is 58.3 Å². The van der Waals surface area contributed by atoms with Crippen LogP contribution < -0.4 is 5.73 Å². The monoisotopic (exact) mass is 318 g/mol. The number of amides is 1. The summed E-state index contributed by atoms with van der Waals surface area (Å²) < 4.78 is 5.84. The topological polar surface area (TPSA) is 55.6 Å². The third kappa shape index (κ3) is 5.76. The minimum atomic E-state index is 0. The fourth-order valence-corrected chi connectivity index (χ4v) is 3.45. The Morgan fingerprint density at radius 1 is 1.19 bits per heavy atom. The third-order valence-electron chi connectivity index (χ3n) is 4.61. The molecular formula is C16H31ClN2O2. The highest BCUT2D eigenvalue weighted by Gasteiger charge is 2.30. The van der Waals surface area contributed by atoms with Crippen molar-refractivity contribution in [3.8, 4) is 0 Å². The Kier molecular flexibility index (Phi) is 8.60.